The van der Waals surface area contributed by atoms with Crippen molar-refractivity contribution in [3.05, 3.63) is 12.2 Å². The third-order valence-corrected chi connectivity index (χ3v) is 1.33. The van der Waals surface area contributed by atoms with Crippen molar-refractivity contribution in [1.29, 1.82) is 5.41 Å². The van der Waals surface area contributed by atoms with E-state index >= 15 is 0 Å². The minimum atomic E-state index is 0.764. The standard InChI is InChI=1S/C6H9N/c1-5-3-2-4-6(5)7/h7H,1-4H2. The normalized spacial score (nSPS) is 21.1. The van der Waals surface area contributed by atoms with Crippen molar-refractivity contribution in [1.82, 2.24) is 0 Å². The summed E-state index contributed by atoms with van der Waals surface area (Å²) in [6, 6.07) is 0. The molecule has 1 fully saturated rings. The Labute approximate surface area is 43.6 Å². The summed E-state index contributed by atoms with van der Waals surface area (Å²) in [6.45, 7) is 3.71. The molecule has 0 amide bonds. The molecule has 0 radical (unpaired) electrons. The van der Waals surface area contributed by atoms with Crippen LogP contribution < -0.4 is 0 Å². The van der Waals surface area contributed by atoms with E-state index in [1.165, 1.54) is 0 Å². The lowest BCUT2D eigenvalue weighted by Gasteiger charge is -1.85. The van der Waals surface area contributed by atoms with Crippen LogP contribution in [0.15, 0.2) is 12.2 Å². The lowest BCUT2D eigenvalue weighted by Crippen LogP contribution is -1.85. The summed E-state index contributed by atoms with van der Waals surface area (Å²) in [4.78, 5) is 0. The molecule has 1 nitrogen and oxygen atoms in total. The van der Waals surface area contributed by atoms with Crippen molar-refractivity contribution < 1.29 is 0 Å². The molecule has 1 aliphatic rings. The van der Waals surface area contributed by atoms with Gasteiger partial charge in [0.05, 0.1) is 0 Å². The van der Waals surface area contributed by atoms with Crippen LogP contribution in [0.4, 0.5) is 0 Å². The molecule has 0 aliphatic heterocycles. The van der Waals surface area contributed by atoms with Gasteiger partial charge in [0.25, 0.3) is 0 Å². The summed E-state index contributed by atoms with van der Waals surface area (Å²) >= 11 is 0. The second-order valence-corrected chi connectivity index (χ2v) is 1.94. The molecule has 0 heterocycles. The fourth-order valence-electron chi connectivity index (χ4n) is 0.806. The van der Waals surface area contributed by atoms with Gasteiger partial charge in [-0.2, -0.15) is 0 Å². The minimum Gasteiger partial charge on any atom is -0.305 e. The van der Waals surface area contributed by atoms with Gasteiger partial charge in [-0.15, -0.1) is 0 Å². The third-order valence-electron chi connectivity index (χ3n) is 1.33. The highest BCUT2D eigenvalue weighted by molar-refractivity contribution is 5.98. The van der Waals surface area contributed by atoms with E-state index in [2.05, 4.69) is 6.58 Å². The first-order chi connectivity index (χ1) is 3.30. The van der Waals surface area contributed by atoms with E-state index in [1.807, 2.05) is 0 Å². The highest BCUT2D eigenvalue weighted by atomic mass is 14.4. The zero-order valence-electron chi connectivity index (χ0n) is 4.33. The summed E-state index contributed by atoms with van der Waals surface area (Å²) in [5.41, 5.74) is 1.81. The molecule has 38 valence electrons. The van der Waals surface area contributed by atoms with E-state index in [1.54, 1.807) is 0 Å². The Morgan fingerprint density at radius 1 is 1.43 bits per heavy atom. The molecule has 0 saturated heterocycles. The van der Waals surface area contributed by atoms with Gasteiger partial charge in [-0.1, -0.05) is 6.58 Å². The molecule has 1 aliphatic carbocycles. The van der Waals surface area contributed by atoms with Gasteiger partial charge in [0.15, 0.2) is 0 Å². The van der Waals surface area contributed by atoms with Gasteiger partial charge in [0, 0.05) is 5.71 Å². The van der Waals surface area contributed by atoms with Crippen LogP contribution in [0.3, 0.4) is 0 Å². The summed E-state index contributed by atoms with van der Waals surface area (Å²) in [5.74, 6) is 0. The zero-order chi connectivity index (χ0) is 5.28. The zero-order valence-corrected chi connectivity index (χ0v) is 4.33. The highest BCUT2D eigenvalue weighted by Crippen LogP contribution is 2.17. The number of nitrogens with one attached hydrogen (secondary N) is 1. The molecule has 0 aromatic rings. The van der Waals surface area contributed by atoms with Gasteiger partial charge in [-0.05, 0) is 24.8 Å². The summed E-state index contributed by atoms with van der Waals surface area (Å²) < 4.78 is 0. The summed E-state index contributed by atoms with van der Waals surface area (Å²) in [6.07, 6.45) is 3.16. The van der Waals surface area contributed by atoms with Crippen molar-refractivity contribution in [3.8, 4) is 0 Å². The monoisotopic (exact) mass is 95.1 g/mol. The summed E-state index contributed by atoms with van der Waals surface area (Å²) in [5, 5.41) is 7.16. The Kier molecular flexibility index (Phi) is 0.970. The molecule has 0 unspecified atom stereocenters. The second-order valence-electron chi connectivity index (χ2n) is 1.94. The van der Waals surface area contributed by atoms with Crippen LogP contribution >= 0.6 is 0 Å². The largest absolute Gasteiger partial charge is 0.305 e. The van der Waals surface area contributed by atoms with Crippen LogP contribution in [-0.2, 0) is 0 Å². The molecule has 1 rings (SSSR count). The van der Waals surface area contributed by atoms with E-state index < -0.39 is 0 Å². The Balaban J connectivity index is 2.65. The predicted octanol–water partition coefficient (Wildman–Crippen LogP) is 1.75. The molecule has 1 saturated carbocycles. The van der Waals surface area contributed by atoms with E-state index in [4.69, 9.17) is 5.41 Å². The fraction of sp³-hybridized carbons (Fsp3) is 0.500. The average Bonchev–Trinajstić information content (AvgIpc) is 1.91. The van der Waals surface area contributed by atoms with Gasteiger partial charge >= 0.3 is 0 Å². The second kappa shape index (κ2) is 1.49. The smallest absolute Gasteiger partial charge is 0.0340 e. The quantitative estimate of drug-likeness (QED) is 0.474. The number of allylic oxidation sites excluding steroid dienone is 1. The fourth-order valence-corrected chi connectivity index (χ4v) is 0.806. The maximum absolute atomic E-state index is 7.16. The van der Waals surface area contributed by atoms with Gasteiger partial charge in [0.1, 0.15) is 0 Å². The van der Waals surface area contributed by atoms with E-state index in [0.29, 0.717) is 0 Å². The van der Waals surface area contributed by atoms with Gasteiger partial charge < -0.3 is 5.41 Å². The molecule has 0 aromatic carbocycles. The Morgan fingerprint density at radius 3 is 2.29 bits per heavy atom. The molecule has 1 heteroatoms. The van der Waals surface area contributed by atoms with Crippen molar-refractivity contribution in [3.63, 3.8) is 0 Å². The molecular formula is C6H9N. The topological polar surface area (TPSA) is 23.9 Å². The van der Waals surface area contributed by atoms with Gasteiger partial charge in [-0.3, -0.25) is 0 Å². The average molecular weight is 95.1 g/mol. The van der Waals surface area contributed by atoms with E-state index in [0.717, 1.165) is 30.5 Å². The molecular weight excluding hydrogens is 86.1 g/mol. The lowest BCUT2D eigenvalue weighted by molar-refractivity contribution is 0.947. The van der Waals surface area contributed by atoms with Crippen LogP contribution in [0.1, 0.15) is 19.3 Å². The van der Waals surface area contributed by atoms with Crippen molar-refractivity contribution in [2.45, 2.75) is 19.3 Å². The van der Waals surface area contributed by atoms with Gasteiger partial charge in [-0.25, -0.2) is 0 Å². The van der Waals surface area contributed by atoms with Crippen LogP contribution in [0.5, 0.6) is 0 Å². The Bertz CT molecular complexity index is 99.3. The van der Waals surface area contributed by atoms with Crippen molar-refractivity contribution in [2.24, 2.45) is 0 Å². The molecule has 0 spiro atoms. The maximum Gasteiger partial charge on any atom is 0.0340 e. The van der Waals surface area contributed by atoms with Gasteiger partial charge in [0.2, 0.25) is 0 Å². The van der Waals surface area contributed by atoms with E-state index in [9.17, 15) is 0 Å². The molecule has 0 bridgehead atoms. The molecule has 1 N–H and O–H groups in total. The van der Waals surface area contributed by atoms with Crippen molar-refractivity contribution >= 4 is 5.71 Å². The first-order valence-electron chi connectivity index (χ1n) is 2.56. The third kappa shape index (κ3) is 0.710. The Morgan fingerprint density at radius 2 is 2.14 bits per heavy atom. The predicted molar refractivity (Wildman–Crippen MR) is 30.7 cm³/mol. The number of hydrogen-bond donors (Lipinski definition) is 1. The van der Waals surface area contributed by atoms with Crippen LogP contribution in [0.25, 0.3) is 0 Å². The first kappa shape index (κ1) is 4.57. The Hall–Kier alpha value is -0.590. The molecule has 0 aromatic heterocycles. The van der Waals surface area contributed by atoms with E-state index in [-0.39, 0.29) is 0 Å². The molecule has 0 atom stereocenters. The maximum atomic E-state index is 7.16. The SMILES string of the molecule is C=C1CCCC1=N. The van der Waals surface area contributed by atoms with Crippen LogP contribution in [0.2, 0.25) is 0 Å². The molecule has 7 heavy (non-hydrogen) atoms. The summed E-state index contributed by atoms with van der Waals surface area (Å²) in [7, 11) is 0. The van der Waals surface area contributed by atoms with Crippen molar-refractivity contribution in [2.75, 3.05) is 0 Å². The lowest BCUT2D eigenvalue weighted by atomic mass is 10.2. The highest BCUT2D eigenvalue weighted by Gasteiger charge is 2.09. The number of rotatable bonds is 0. The minimum absolute atomic E-state index is 0.764. The first-order valence-corrected chi connectivity index (χ1v) is 2.56. The number of hydrogen-bond acceptors (Lipinski definition) is 1. The van der Waals surface area contributed by atoms with Crippen LogP contribution in [-0.4, -0.2) is 5.71 Å². The van der Waals surface area contributed by atoms with Crippen LogP contribution in [0, 0.1) is 5.41 Å².